The lowest BCUT2D eigenvalue weighted by Crippen LogP contribution is -2.55. The van der Waals surface area contributed by atoms with Gasteiger partial charge in [0.25, 0.3) is 6.43 Å². The number of alkyl halides is 3. The van der Waals surface area contributed by atoms with Crippen LogP contribution >= 0.6 is 0 Å². The summed E-state index contributed by atoms with van der Waals surface area (Å²) in [5.74, 6) is 0.547. The van der Waals surface area contributed by atoms with E-state index >= 15 is 0 Å². The summed E-state index contributed by atoms with van der Waals surface area (Å²) in [6.45, 7) is 2.94. The Morgan fingerprint density at radius 1 is 1.32 bits per heavy atom. The maximum absolute atomic E-state index is 14.4. The van der Waals surface area contributed by atoms with E-state index in [0.717, 1.165) is 22.0 Å². The van der Waals surface area contributed by atoms with E-state index in [1.165, 1.54) is 0 Å². The highest BCUT2D eigenvalue weighted by atomic mass is 19.3. The molecule has 2 unspecified atom stereocenters. The normalized spacial score (nSPS) is 17.4. The van der Waals surface area contributed by atoms with Crippen LogP contribution in [0.5, 0.6) is 5.75 Å². The predicted octanol–water partition coefficient (Wildman–Crippen LogP) is 4.17. The van der Waals surface area contributed by atoms with E-state index in [0.29, 0.717) is 30.0 Å². The summed E-state index contributed by atoms with van der Waals surface area (Å²) in [6.07, 6.45) is 0.338. The summed E-state index contributed by atoms with van der Waals surface area (Å²) in [5.41, 5.74) is -0.166. The van der Waals surface area contributed by atoms with Crippen LogP contribution < -0.4 is 10.1 Å². The standard InChI is InChI=1S/C23H26F3N3O2/c1-14-7-15-4-6-31-20(15)18(8-14)22(2,13-24)12-23(30,21(25)26)28-11-17-9-16-10-27-5-3-19(16)29-17/h3,5,7-10,21,28-30H,4,6,11-13H2,1-2H3. The summed E-state index contributed by atoms with van der Waals surface area (Å²) in [7, 11) is 0. The van der Waals surface area contributed by atoms with E-state index in [4.69, 9.17) is 4.74 Å². The molecule has 3 N–H and O–H groups in total. The number of rotatable bonds is 8. The quantitative estimate of drug-likeness (QED) is 0.467. The van der Waals surface area contributed by atoms with Crippen LogP contribution in [-0.4, -0.2) is 40.5 Å². The zero-order chi connectivity index (χ0) is 22.2. The number of nitrogens with one attached hydrogen (secondary N) is 2. The smallest absolute Gasteiger partial charge is 0.280 e. The van der Waals surface area contributed by atoms with Gasteiger partial charge in [0, 0.05) is 59.4 Å². The molecule has 3 aromatic rings. The molecule has 0 saturated carbocycles. The third-order valence-corrected chi connectivity index (χ3v) is 5.96. The highest BCUT2D eigenvalue weighted by molar-refractivity contribution is 5.79. The second kappa shape index (κ2) is 8.16. The number of nitrogens with zero attached hydrogens (tertiary/aromatic N) is 1. The first-order valence-electron chi connectivity index (χ1n) is 10.2. The van der Waals surface area contributed by atoms with Gasteiger partial charge in [0.2, 0.25) is 0 Å². The van der Waals surface area contributed by atoms with Crippen molar-refractivity contribution in [1.29, 1.82) is 0 Å². The molecule has 0 fully saturated rings. The SMILES string of the molecule is Cc1cc2c(c(C(C)(CF)CC(O)(NCc3cc4cnccc4[nH]3)C(F)F)c1)OCC2. The van der Waals surface area contributed by atoms with Crippen molar-refractivity contribution in [2.45, 2.75) is 50.8 Å². The van der Waals surface area contributed by atoms with E-state index in [-0.39, 0.29) is 6.54 Å². The second-order valence-corrected chi connectivity index (χ2v) is 8.61. The minimum atomic E-state index is -3.12. The molecule has 5 nitrogen and oxygen atoms in total. The summed E-state index contributed by atoms with van der Waals surface area (Å²) in [6, 6.07) is 7.28. The molecular weight excluding hydrogens is 407 g/mol. The van der Waals surface area contributed by atoms with E-state index in [9.17, 15) is 18.3 Å². The number of aromatic amines is 1. The lowest BCUT2D eigenvalue weighted by Gasteiger charge is -2.38. The Labute approximate surface area is 178 Å². The van der Waals surface area contributed by atoms with Gasteiger partial charge in [-0.15, -0.1) is 0 Å². The number of H-pyrrole nitrogens is 1. The van der Waals surface area contributed by atoms with Crippen LogP contribution in [-0.2, 0) is 18.4 Å². The topological polar surface area (TPSA) is 70.2 Å². The van der Waals surface area contributed by atoms with Gasteiger partial charge in [-0.2, -0.15) is 0 Å². The van der Waals surface area contributed by atoms with Crippen molar-refractivity contribution in [1.82, 2.24) is 15.3 Å². The molecule has 0 saturated heterocycles. The molecule has 0 aliphatic carbocycles. The molecule has 0 radical (unpaired) electrons. The summed E-state index contributed by atoms with van der Waals surface area (Å²) in [5, 5.41) is 14.3. The van der Waals surface area contributed by atoms with Crippen molar-refractivity contribution in [3.8, 4) is 5.75 Å². The minimum absolute atomic E-state index is 0.0414. The van der Waals surface area contributed by atoms with E-state index < -0.39 is 30.7 Å². The highest BCUT2D eigenvalue weighted by Crippen LogP contribution is 2.43. The van der Waals surface area contributed by atoms with Gasteiger partial charge < -0.3 is 14.8 Å². The number of pyridine rings is 1. The first-order valence-corrected chi connectivity index (χ1v) is 10.2. The molecule has 0 spiro atoms. The zero-order valence-electron chi connectivity index (χ0n) is 17.5. The number of fused-ring (bicyclic) bond motifs is 2. The largest absolute Gasteiger partial charge is 0.493 e. The molecule has 1 aliphatic heterocycles. The number of aromatic nitrogens is 2. The number of aryl methyl sites for hydroxylation is 1. The Hall–Kier alpha value is -2.58. The molecule has 4 rings (SSSR count). The van der Waals surface area contributed by atoms with Crippen LogP contribution in [0.2, 0.25) is 0 Å². The maximum Gasteiger partial charge on any atom is 0.280 e. The monoisotopic (exact) mass is 433 g/mol. The fraction of sp³-hybridized carbons (Fsp3) is 0.435. The van der Waals surface area contributed by atoms with Gasteiger partial charge in [-0.05, 0) is 24.6 Å². The van der Waals surface area contributed by atoms with Crippen LogP contribution in [0.4, 0.5) is 13.2 Å². The molecule has 0 amide bonds. The molecule has 2 atom stereocenters. The average Bonchev–Trinajstić information content (AvgIpc) is 3.37. The summed E-state index contributed by atoms with van der Waals surface area (Å²) in [4.78, 5) is 7.13. The van der Waals surface area contributed by atoms with Crippen LogP contribution in [0.1, 0.15) is 35.7 Å². The van der Waals surface area contributed by atoms with Crippen molar-refractivity contribution < 1.29 is 23.0 Å². The minimum Gasteiger partial charge on any atom is -0.493 e. The van der Waals surface area contributed by atoms with Crippen LogP contribution in [0.25, 0.3) is 10.9 Å². The van der Waals surface area contributed by atoms with Gasteiger partial charge in [0.05, 0.1) is 13.3 Å². The lowest BCUT2D eigenvalue weighted by molar-refractivity contribution is -0.136. The fourth-order valence-corrected chi connectivity index (χ4v) is 4.32. The molecule has 31 heavy (non-hydrogen) atoms. The van der Waals surface area contributed by atoms with E-state index in [1.54, 1.807) is 37.5 Å². The molecular formula is C23H26F3N3O2. The van der Waals surface area contributed by atoms with Crippen LogP contribution in [0.15, 0.2) is 36.7 Å². The average molecular weight is 433 g/mol. The Kier molecular flexibility index (Phi) is 5.70. The van der Waals surface area contributed by atoms with Gasteiger partial charge in [0.1, 0.15) is 5.75 Å². The molecule has 0 bridgehead atoms. The first kappa shape index (κ1) is 21.6. The Morgan fingerprint density at radius 3 is 2.84 bits per heavy atom. The first-order chi connectivity index (χ1) is 14.7. The lowest BCUT2D eigenvalue weighted by atomic mass is 9.75. The fourth-order valence-electron chi connectivity index (χ4n) is 4.32. The Bertz CT molecular complexity index is 1050. The molecule has 1 aromatic carbocycles. The third kappa shape index (κ3) is 4.14. The van der Waals surface area contributed by atoms with Gasteiger partial charge in [-0.3, -0.25) is 14.7 Å². The molecule has 166 valence electrons. The molecule has 1 aliphatic rings. The third-order valence-electron chi connectivity index (χ3n) is 5.96. The van der Waals surface area contributed by atoms with E-state index in [2.05, 4.69) is 15.3 Å². The molecule has 8 heteroatoms. The summed E-state index contributed by atoms with van der Waals surface area (Å²) >= 11 is 0. The molecule has 2 aromatic heterocycles. The number of hydrogen-bond acceptors (Lipinski definition) is 4. The number of benzene rings is 1. The summed E-state index contributed by atoms with van der Waals surface area (Å²) < 4.78 is 48.2. The Balaban J connectivity index is 1.61. The van der Waals surface area contributed by atoms with Crippen LogP contribution in [0.3, 0.4) is 0 Å². The van der Waals surface area contributed by atoms with Crippen molar-refractivity contribution in [2.24, 2.45) is 0 Å². The van der Waals surface area contributed by atoms with Crippen molar-refractivity contribution in [2.75, 3.05) is 13.3 Å². The van der Waals surface area contributed by atoms with Gasteiger partial charge in [-0.25, -0.2) is 8.78 Å². The zero-order valence-corrected chi connectivity index (χ0v) is 17.5. The Morgan fingerprint density at radius 2 is 2.13 bits per heavy atom. The maximum atomic E-state index is 14.4. The van der Waals surface area contributed by atoms with Gasteiger partial charge in [-0.1, -0.05) is 24.6 Å². The van der Waals surface area contributed by atoms with E-state index in [1.807, 2.05) is 13.0 Å². The second-order valence-electron chi connectivity index (χ2n) is 8.61. The number of aliphatic hydroxyl groups is 1. The number of hydrogen-bond donors (Lipinski definition) is 3. The van der Waals surface area contributed by atoms with Gasteiger partial charge in [0.15, 0.2) is 5.72 Å². The van der Waals surface area contributed by atoms with Gasteiger partial charge >= 0.3 is 0 Å². The van der Waals surface area contributed by atoms with Crippen LogP contribution in [0, 0.1) is 6.92 Å². The molecule has 3 heterocycles. The predicted molar refractivity (Wildman–Crippen MR) is 112 cm³/mol. The number of halogens is 3. The van der Waals surface area contributed by atoms with Crippen molar-refractivity contribution in [3.05, 3.63) is 59.0 Å². The number of ether oxygens (including phenoxy) is 1. The highest BCUT2D eigenvalue weighted by Gasteiger charge is 2.46. The van der Waals surface area contributed by atoms with Crippen molar-refractivity contribution in [3.63, 3.8) is 0 Å². The van der Waals surface area contributed by atoms with Crippen molar-refractivity contribution >= 4 is 10.9 Å².